The zero-order valence-corrected chi connectivity index (χ0v) is 12.8. The van der Waals surface area contributed by atoms with Crippen molar-refractivity contribution in [3.05, 3.63) is 71.9 Å². The van der Waals surface area contributed by atoms with Crippen LogP contribution in [0.4, 0.5) is 0 Å². The Bertz CT molecular complexity index is 846. The largest absolute Gasteiger partial charge is 0.462 e. The van der Waals surface area contributed by atoms with Gasteiger partial charge in [-0.1, -0.05) is 53.7 Å². The number of carbonyl (C=O) groups excluding carboxylic acids is 1. The molecule has 3 rings (SSSR count). The maximum absolute atomic E-state index is 12.1. The summed E-state index contributed by atoms with van der Waals surface area (Å²) in [6.45, 7) is 2.50. The quantitative estimate of drug-likeness (QED) is 0.679. The van der Waals surface area contributed by atoms with Gasteiger partial charge in [0.25, 0.3) is 0 Å². The van der Waals surface area contributed by atoms with Gasteiger partial charge in [0, 0.05) is 5.56 Å². The van der Waals surface area contributed by atoms with Gasteiger partial charge in [-0.3, -0.25) is 0 Å². The summed E-state index contributed by atoms with van der Waals surface area (Å²) in [5.74, 6) is -0.426. The van der Waals surface area contributed by atoms with E-state index >= 15 is 0 Å². The second kappa shape index (κ2) is 6.87. The fraction of sp³-hybridized carbons (Fsp3) is 0.167. The Labute approximate surface area is 135 Å². The van der Waals surface area contributed by atoms with Crippen LogP contribution in [0.1, 0.15) is 24.2 Å². The SMILES string of the molecule is [2H]c1c(-c2ccccc2C(=O)OCC)nnn1Cc1ccccc1. The molecule has 0 spiro atoms. The summed E-state index contributed by atoms with van der Waals surface area (Å²) >= 11 is 0. The first-order chi connectivity index (χ1) is 11.7. The summed E-state index contributed by atoms with van der Waals surface area (Å²) in [6.07, 6.45) is 0.163. The molecular formula is C18H17N3O2. The van der Waals surface area contributed by atoms with Crippen LogP contribution in [0.3, 0.4) is 0 Å². The van der Waals surface area contributed by atoms with Crippen molar-refractivity contribution in [1.29, 1.82) is 0 Å². The highest BCUT2D eigenvalue weighted by Crippen LogP contribution is 2.22. The van der Waals surface area contributed by atoms with Crippen molar-refractivity contribution < 1.29 is 10.9 Å². The van der Waals surface area contributed by atoms with Gasteiger partial charge in [-0.2, -0.15) is 0 Å². The molecule has 116 valence electrons. The summed E-state index contributed by atoms with van der Waals surface area (Å²) < 4.78 is 14.9. The molecular weight excluding hydrogens is 290 g/mol. The van der Waals surface area contributed by atoms with Crippen molar-refractivity contribution >= 4 is 5.97 Å². The smallest absolute Gasteiger partial charge is 0.338 e. The predicted molar refractivity (Wildman–Crippen MR) is 87.0 cm³/mol. The molecule has 0 aliphatic carbocycles. The predicted octanol–water partition coefficient (Wildman–Crippen LogP) is 3.17. The standard InChI is InChI=1S/C18H17N3O2/c1-2-23-18(22)16-11-7-6-10-15(16)17-13-21(20-19-17)12-14-8-4-3-5-9-14/h3-11,13H,2,12H2,1H3/i13D. The number of benzene rings is 2. The van der Waals surface area contributed by atoms with Gasteiger partial charge in [0.15, 0.2) is 0 Å². The first kappa shape index (κ1) is 13.7. The minimum Gasteiger partial charge on any atom is -0.462 e. The normalized spacial score (nSPS) is 11.1. The number of hydrogen-bond acceptors (Lipinski definition) is 4. The van der Waals surface area contributed by atoms with E-state index in [1.54, 1.807) is 31.2 Å². The summed E-state index contributed by atoms with van der Waals surface area (Å²) in [5.41, 5.74) is 2.34. The van der Waals surface area contributed by atoms with Gasteiger partial charge in [0.1, 0.15) is 5.69 Å². The van der Waals surface area contributed by atoms with E-state index in [2.05, 4.69) is 10.3 Å². The van der Waals surface area contributed by atoms with Crippen molar-refractivity contribution in [2.45, 2.75) is 13.5 Å². The van der Waals surface area contributed by atoms with Crippen molar-refractivity contribution in [1.82, 2.24) is 15.0 Å². The molecule has 0 aliphatic rings. The Morgan fingerprint density at radius 3 is 2.70 bits per heavy atom. The van der Waals surface area contributed by atoms with E-state index in [-0.39, 0.29) is 6.17 Å². The molecule has 0 N–H and O–H groups in total. The third kappa shape index (κ3) is 3.45. The number of esters is 1. The van der Waals surface area contributed by atoms with E-state index in [1.165, 1.54) is 4.68 Å². The molecule has 5 heteroatoms. The zero-order valence-electron chi connectivity index (χ0n) is 13.8. The number of aromatic nitrogens is 3. The van der Waals surface area contributed by atoms with Crippen LogP contribution >= 0.6 is 0 Å². The van der Waals surface area contributed by atoms with Crippen molar-refractivity contribution in [2.75, 3.05) is 6.61 Å². The van der Waals surface area contributed by atoms with Gasteiger partial charge >= 0.3 is 5.97 Å². The molecule has 2 aromatic carbocycles. The van der Waals surface area contributed by atoms with Crippen LogP contribution in [0.15, 0.2) is 60.8 Å². The molecule has 0 bridgehead atoms. The van der Waals surface area contributed by atoms with Crippen LogP contribution in [0.25, 0.3) is 11.3 Å². The number of ether oxygens (including phenoxy) is 1. The molecule has 0 saturated carbocycles. The van der Waals surface area contributed by atoms with Crippen LogP contribution in [-0.4, -0.2) is 27.6 Å². The van der Waals surface area contributed by atoms with E-state index < -0.39 is 5.97 Å². The first-order valence-corrected chi connectivity index (χ1v) is 7.41. The van der Waals surface area contributed by atoms with E-state index in [4.69, 9.17) is 6.11 Å². The van der Waals surface area contributed by atoms with Crippen LogP contribution < -0.4 is 0 Å². The third-order valence-electron chi connectivity index (χ3n) is 3.34. The number of rotatable bonds is 5. The Balaban J connectivity index is 1.96. The molecule has 0 unspecified atom stereocenters. The van der Waals surface area contributed by atoms with Crippen LogP contribution in [0, 0.1) is 0 Å². The van der Waals surface area contributed by atoms with Gasteiger partial charge < -0.3 is 4.74 Å². The molecule has 1 aromatic heterocycles. The molecule has 1 heterocycles. The van der Waals surface area contributed by atoms with Crippen molar-refractivity contribution in [3.63, 3.8) is 0 Å². The van der Waals surface area contributed by atoms with E-state index in [9.17, 15) is 4.79 Å². The lowest BCUT2D eigenvalue weighted by Crippen LogP contribution is -2.06. The van der Waals surface area contributed by atoms with Crippen LogP contribution in [0.2, 0.25) is 0 Å². The number of nitrogens with zero attached hydrogens (tertiary/aromatic N) is 3. The maximum Gasteiger partial charge on any atom is 0.338 e. The summed E-state index contributed by atoms with van der Waals surface area (Å²) in [7, 11) is 0. The average molecular weight is 308 g/mol. The number of hydrogen-bond donors (Lipinski definition) is 0. The van der Waals surface area contributed by atoms with Gasteiger partial charge in [0.05, 0.1) is 26.3 Å². The fourth-order valence-corrected chi connectivity index (χ4v) is 2.28. The highest BCUT2D eigenvalue weighted by atomic mass is 16.5. The fourth-order valence-electron chi connectivity index (χ4n) is 2.28. The minimum atomic E-state index is -0.426. The Morgan fingerprint density at radius 1 is 1.17 bits per heavy atom. The summed E-state index contributed by atoms with van der Waals surface area (Å²) in [6, 6.07) is 16.7. The number of carbonyl (C=O) groups is 1. The lowest BCUT2D eigenvalue weighted by Gasteiger charge is -2.06. The lowest BCUT2D eigenvalue weighted by molar-refractivity contribution is 0.0527. The van der Waals surface area contributed by atoms with Crippen molar-refractivity contribution in [2.24, 2.45) is 0 Å². The lowest BCUT2D eigenvalue weighted by atomic mass is 10.1. The van der Waals surface area contributed by atoms with Gasteiger partial charge in [0.2, 0.25) is 0 Å². The Morgan fingerprint density at radius 2 is 1.91 bits per heavy atom. The molecule has 0 amide bonds. The third-order valence-corrected chi connectivity index (χ3v) is 3.34. The van der Waals surface area contributed by atoms with E-state index in [1.807, 2.05) is 30.3 Å². The van der Waals surface area contributed by atoms with Crippen molar-refractivity contribution in [3.8, 4) is 11.3 Å². The highest BCUT2D eigenvalue weighted by molar-refractivity contribution is 5.96. The van der Waals surface area contributed by atoms with E-state index in [0.29, 0.717) is 30.0 Å². The topological polar surface area (TPSA) is 57.0 Å². The monoisotopic (exact) mass is 308 g/mol. The van der Waals surface area contributed by atoms with Gasteiger partial charge in [-0.25, -0.2) is 9.48 Å². The zero-order chi connectivity index (χ0) is 16.9. The van der Waals surface area contributed by atoms with Crippen LogP contribution in [0.5, 0.6) is 0 Å². The first-order valence-electron chi connectivity index (χ1n) is 7.91. The second-order valence-corrected chi connectivity index (χ2v) is 4.96. The Kier molecular flexibility index (Phi) is 4.09. The molecule has 0 aliphatic heterocycles. The Hall–Kier alpha value is -2.95. The summed E-state index contributed by atoms with van der Waals surface area (Å²) in [5, 5.41) is 8.16. The second-order valence-electron chi connectivity index (χ2n) is 4.96. The molecule has 0 fully saturated rings. The van der Waals surface area contributed by atoms with E-state index in [0.717, 1.165) is 5.56 Å². The van der Waals surface area contributed by atoms with Crippen LogP contribution in [-0.2, 0) is 11.3 Å². The molecule has 5 nitrogen and oxygen atoms in total. The molecule has 0 atom stereocenters. The maximum atomic E-state index is 12.1. The molecule has 3 aromatic rings. The minimum absolute atomic E-state index is 0.163. The molecule has 0 saturated heterocycles. The van der Waals surface area contributed by atoms with Gasteiger partial charge in [-0.05, 0) is 18.6 Å². The highest BCUT2D eigenvalue weighted by Gasteiger charge is 2.15. The van der Waals surface area contributed by atoms with Gasteiger partial charge in [-0.15, -0.1) is 5.10 Å². The molecule has 23 heavy (non-hydrogen) atoms. The molecule has 0 radical (unpaired) electrons. The average Bonchev–Trinajstić information content (AvgIpc) is 2.96. The summed E-state index contributed by atoms with van der Waals surface area (Å²) in [4.78, 5) is 12.1.